The number of aromatic nitrogens is 2. The van der Waals surface area contributed by atoms with Crippen LogP contribution < -0.4 is 5.32 Å². The van der Waals surface area contributed by atoms with Crippen molar-refractivity contribution in [2.24, 2.45) is 11.3 Å². The van der Waals surface area contributed by atoms with Crippen molar-refractivity contribution in [2.75, 3.05) is 11.9 Å². The molecule has 15 heavy (non-hydrogen) atoms. The van der Waals surface area contributed by atoms with Gasteiger partial charge in [-0.2, -0.15) is 0 Å². The minimum atomic E-state index is 0.476. The summed E-state index contributed by atoms with van der Waals surface area (Å²) < 4.78 is 0. The molecule has 0 atom stereocenters. The van der Waals surface area contributed by atoms with Crippen molar-refractivity contribution < 1.29 is 0 Å². The van der Waals surface area contributed by atoms with Crippen LogP contribution >= 0.6 is 11.6 Å². The summed E-state index contributed by atoms with van der Waals surface area (Å²) in [4.78, 5) is 8.18. The second-order valence-electron chi connectivity index (χ2n) is 4.69. The van der Waals surface area contributed by atoms with Gasteiger partial charge in [-0.1, -0.05) is 11.6 Å². The van der Waals surface area contributed by atoms with Crippen molar-refractivity contribution in [1.29, 1.82) is 0 Å². The van der Waals surface area contributed by atoms with E-state index in [1.165, 1.54) is 25.7 Å². The van der Waals surface area contributed by atoms with Crippen LogP contribution in [0.4, 0.5) is 5.82 Å². The number of rotatable bonds is 4. The van der Waals surface area contributed by atoms with E-state index in [2.05, 4.69) is 15.3 Å². The lowest BCUT2D eigenvalue weighted by molar-refractivity contribution is 0.466. The minimum absolute atomic E-state index is 0.476. The summed E-state index contributed by atoms with van der Waals surface area (Å²) in [7, 11) is 0. The van der Waals surface area contributed by atoms with Crippen molar-refractivity contribution >= 4 is 17.4 Å². The SMILES string of the molecule is Clc1nccnc1NCC1(C2CC2)CC1. The van der Waals surface area contributed by atoms with Gasteiger partial charge in [0, 0.05) is 18.9 Å². The number of hydrogen-bond donors (Lipinski definition) is 1. The van der Waals surface area contributed by atoms with Crippen LogP contribution in [0.25, 0.3) is 0 Å². The molecule has 0 radical (unpaired) electrons. The molecule has 1 aromatic rings. The van der Waals surface area contributed by atoms with Crippen LogP contribution in [-0.4, -0.2) is 16.5 Å². The second kappa shape index (κ2) is 3.34. The minimum Gasteiger partial charge on any atom is -0.367 e. The fourth-order valence-corrected chi connectivity index (χ4v) is 2.46. The number of nitrogens with one attached hydrogen (secondary N) is 1. The largest absolute Gasteiger partial charge is 0.367 e. The molecule has 80 valence electrons. The maximum absolute atomic E-state index is 5.93. The summed E-state index contributed by atoms with van der Waals surface area (Å²) in [6.45, 7) is 1.01. The molecule has 0 aromatic carbocycles. The van der Waals surface area contributed by atoms with E-state index >= 15 is 0 Å². The van der Waals surface area contributed by atoms with Gasteiger partial charge in [-0.3, -0.25) is 0 Å². The van der Waals surface area contributed by atoms with Gasteiger partial charge >= 0.3 is 0 Å². The Morgan fingerprint density at radius 1 is 1.33 bits per heavy atom. The van der Waals surface area contributed by atoms with E-state index in [0.29, 0.717) is 10.6 Å². The summed E-state index contributed by atoms with van der Waals surface area (Å²) in [5, 5.41) is 3.81. The molecule has 2 aliphatic rings. The quantitative estimate of drug-likeness (QED) is 0.853. The van der Waals surface area contributed by atoms with Crippen molar-refractivity contribution in [2.45, 2.75) is 25.7 Å². The molecule has 0 aliphatic heterocycles. The highest BCUT2D eigenvalue weighted by Crippen LogP contribution is 2.61. The zero-order valence-corrected chi connectivity index (χ0v) is 9.30. The third-order valence-corrected chi connectivity index (χ3v) is 3.87. The molecule has 4 heteroatoms. The van der Waals surface area contributed by atoms with Gasteiger partial charge in [0.25, 0.3) is 0 Å². The second-order valence-corrected chi connectivity index (χ2v) is 5.04. The van der Waals surface area contributed by atoms with Crippen LogP contribution in [0, 0.1) is 11.3 Å². The van der Waals surface area contributed by atoms with Crippen molar-refractivity contribution in [1.82, 2.24) is 9.97 Å². The van der Waals surface area contributed by atoms with Crippen LogP contribution in [0.2, 0.25) is 5.15 Å². The Morgan fingerprint density at radius 2 is 2.07 bits per heavy atom. The Bertz CT molecular complexity index is 372. The number of nitrogens with zero attached hydrogens (tertiary/aromatic N) is 2. The van der Waals surface area contributed by atoms with Gasteiger partial charge < -0.3 is 5.32 Å². The smallest absolute Gasteiger partial charge is 0.171 e. The summed E-state index contributed by atoms with van der Waals surface area (Å²) >= 11 is 5.93. The van der Waals surface area contributed by atoms with Crippen LogP contribution in [0.1, 0.15) is 25.7 Å². The van der Waals surface area contributed by atoms with Crippen molar-refractivity contribution in [3.05, 3.63) is 17.5 Å². The number of halogens is 1. The van der Waals surface area contributed by atoms with Gasteiger partial charge in [0.15, 0.2) is 11.0 Å². The molecule has 0 saturated heterocycles. The zero-order valence-electron chi connectivity index (χ0n) is 8.54. The molecule has 0 amide bonds. The van der Waals surface area contributed by atoms with Crippen LogP contribution in [0.3, 0.4) is 0 Å². The Morgan fingerprint density at radius 3 is 2.67 bits per heavy atom. The van der Waals surface area contributed by atoms with Gasteiger partial charge in [-0.05, 0) is 37.0 Å². The molecule has 1 heterocycles. The van der Waals surface area contributed by atoms with E-state index in [-0.39, 0.29) is 0 Å². The molecule has 2 saturated carbocycles. The molecular formula is C11H14ClN3. The number of anilines is 1. The molecule has 1 aromatic heterocycles. The highest BCUT2D eigenvalue weighted by Gasteiger charge is 2.53. The molecular weight excluding hydrogens is 210 g/mol. The first-order valence-electron chi connectivity index (χ1n) is 5.51. The summed E-state index contributed by atoms with van der Waals surface area (Å²) in [6, 6.07) is 0. The van der Waals surface area contributed by atoms with E-state index < -0.39 is 0 Å². The van der Waals surface area contributed by atoms with E-state index in [1.807, 2.05) is 0 Å². The lowest BCUT2D eigenvalue weighted by Crippen LogP contribution is -2.18. The Balaban J connectivity index is 1.64. The van der Waals surface area contributed by atoms with Gasteiger partial charge in [0.2, 0.25) is 0 Å². The molecule has 3 rings (SSSR count). The molecule has 1 N–H and O–H groups in total. The lowest BCUT2D eigenvalue weighted by Gasteiger charge is -2.15. The van der Waals surface area contributed by atoms with Gasteiger partial charge in [-0.15, -0.1) is 0 Å². The highest BCUT2D eigenvalue weighted by atomic mass is 35.5. The van der Waals surface area contributed by atoms with Crippen molar-refractivity contribution in [3.63, 3.8) is 0 Å². The van der Waals surface area contributed by atoms with Gasteiger partial charge in [-0.25, -0.2) is 9.97 Å². The first kappa shape index (κ1) is 9.40. The summed E-state index contributed by atoms with van der Waals surface area (Å²) in [5.41, 5.74) is 0.570. The first-order valence-corrected chi connectivity index (χ1v) is 5.88. The maximum atomic E-state index is 5.93. The fourth-order valence-electron chi connectivity index (χ4n) is 2.29. The van der Waals surface area contributed by atoms with Crippen LogP contribution in [-0.2, 0) is 0 Å². The average molecular weight is 224 g/mol. The van der Waals surface area contributed by atoms with E-state index in [1.54, 1.807) is 12.4 Å². The Hall–Kier alpha value is -0.830. The van der Waals surface area contributed by atoms with Crippen LogP contribution in [0.5, 0.6) is 0 Å². The first-order chi connectivity index (χ1) is 7.30. The average Bonchev–Trinajstić information content (AvgIpc) is 3.10. The summed E-state index contributed by atoms with van der Waals surface area (Å²) in [6.07, 6.45) is 8.84. The monoisotopic (exact) mass is 223 g/mol. The fraction of sp³-hybridized carbons (Fsp3) is 0.636. The molecule has 3 nitrogen and oxygen atoms in total. The van der Waals surface area contributed by atoms with Crippen LogP contribution in [0.15, 0.2) is 12.4 Å². The van der Waals surface area contributed by atoms with E-state index in [0.717, 1.165) is 18.3 Å². The predicted molar refractivity (Wildman–Crippen MR) is 59.9 cm³/mol. The molecule has 0 unspecified atom stereocenters. The van der Waals surface area contributed by atoms with Gasteiger partial charge in [0.05, 0.1) is 0 Å². The lowest BCUT2D eigenvalue weighted by atomic mass is 10.0. The Kier molecular flexibility index (Phi) is 2.09. The van der Waals surface area contributed by atoms with Gasteiger partial charge in [0.1, 0.15) is 0 Å². The van der Waals surface area contributed by atoms with E-state index in [4.69, 9.17) is 11.6 Å². The molecule has 2 aliphatic carbocycles. The van der Waals surface area contributed by atoms with E-state index in [9.17, 15) is 0 Å². The molecule has 0 spiro atoms. The Labute approximate surface area is 94.3 Å². The predicted octanol–water partition coefficient (Wildman–Crippen LogP) is 2.73. The zero-order chi connectivity index (χ0) is 10.3. The summed E-state index contributed by atoms with van der Waals surface area (Å²) in [5.74, 6) is 1.69. The highest BCUT2D eigenvalue weighted by molar-refractivity contribution is 6.31. The normalized spacial score (nSPS) is 22.5. The molecule has 0 bridgehead atoms. The standard InChI is InChI=1S/C11H14ClN3/c12-9-10(14-6-5-13-9)15-7-11(3-4-11)8-1-2-8/h5-6,8H,1-4,7H2,(H,14,15). The maximum Gasteiger partial charge on any atom is 0.171 e. The number of hydrogen-bond acceptors (Lipinski definition) is 3. The topological polar surface area (TPSA) is 37.8 Å². The third-order valence-electron chi connectivity index (χ3n) is 3.60. The molecule has 2 fully saturated rings. The van der Waals surface area contributed by atoms with Crippen molar-refractivity contribution in [3.8, 4) is 0 Å². The third kappa shape index (κ3) is 1.81.